The number of phenolic OH excluding ortho intramolecular Hbond substituents is 2. The van der Waals surface area contributed by atoms with E-state index in [2.05, 4.69) is 4.90 Å². The maximum absolute atomic E-state index is 13.8. The molecule has 2 heterocycles. The van der Waals surface area contributed by atoms with Crippen LogP contribution in [0.25, 0.3) is 22.3 Å². The lowest BCUT2D eigenvalue weighted by molar-refractivity contribution is 0.230. The topological polar surface area (TPSA) is 83.1 Å². The van der Waals surface area contributed by atoms with Gasteiger partial charge in [0.15, 0.2) is 17.4 Å². The van der Waals surface area contributed by atoms with E-state index in [0.717, 1.165) is 43.7 Å². The lowest BCUT2D eigenvalue weighted by atomic mass is 10.1. The highest BCUT2D eigenvalue weighted by Crippen LogP contribution is 2.36. The van der Waals surface area contributed by atoms with Crippen molar-refractivity contribution in [1.29, 1.82) is 0 Å². The minimum absolute atomic E-state index is 0.0971. The molecule has 3 aromatic rings. The molecule has 0 bridgehead atoms. The van der Waals surface area contributed by atoms with Crippen LogP contribution in [0.5, 0.6) is 17.2 Å². The molecule has 0 aliphatic carbocycles. The average molecular weight is 417 g/mol. The Morgan fingerprint density at radius 2 is 2.00 bits per heavy atom. The Balaban J connectivity index is 1.79. The lowest BCUT2D eigenvalue weighted by Gasteiger charge is -2.19. The first kappa shape index (κ1) is 20.2. The summed E-state index contributed by atoms with van der Waals surface area (Å²) in [4.78, 5) is 15.3. The normalized spacial score (nSPS) is 17.0. The first-order valence-corrected chi connectivity index (χ1v) is 9.66. The van der Waals surface area contributed by atoms with Crippen molar-refractivity contribution in [2.24, 2.45) is 0 Å². The highest BCUT2D eigenvalue weighted by Gasteiger charge is 2.24. The molecule has 0 radical (unpaired) electrons. The van der Waals surface area contributed by atoms with E-state index >= 15 is 0 Å². The maximum atomic E-state index is 13.8. The standard InChI is InChI=1S/C22H21F2NO5/c1-25-7-2-3-13(25)6-8-29-22-20(28)19-17(27)10-14(26)11-18(19)30-21(22)12-4-5-15(23)16(24)9-12/h4-5,9-11,13,26-27H,2-3,6-8H2,1H3. The van der Waals surface area contributed by atoms with Crippen molar-refractivity contribution >= 4 is 11.0 Å². The summed E-state index contributed by atoms with van der Waals surface area (Å²) >= 11 is 0. The number of likely N-dealkylation sites (tertiary alicyclic amines) is 1. The van der Waals surface area contributed by atoms with Crippen LogP contribution < -0.4 is 10.2 Å². The molecule has 1 aromatic heterocycles. The molecule has 1 aliphatic rings. The number of nitrogens with zero attached hydrogens (tertiary/aromatic N) is 1. The van der Waals surface area contributed by atoms with Gasteiger partial charge in [0, 0.05) is 23.7 Å². The number of fused-ring (bicyclic) bond motifs is 1. The zero-order chi connectivity index (χ0) is 21.4. The fourth-order valence-electron chi connectivity index (χ4n) is 3.87. The molecule has 0 saturated carbocycles. The highest BCUT2D eigenvalue weighted by molar-refractivity contribution is 5.88. The SMILES string of the molecule is CN1CCCC1CCOc1c(-c2ccc(F)c(F)c2)oc2cc(O)cc(O)c2c1=O. The number of aromatic hydroxyl groups is 2. The minimum atomic E-state index is -1.10. The quantitative estimate of drug-likeness (QED) is 0.653. The van der Waals surface area contributed by atoms with Gasteiger partial charge in [-0.05, 0) is 51.1 Å². The van der Waals surface area contributed by atoms with Gasteiger partial charge in [0.2, 0.25) is 11.2 Å². The van der Waals surface area contributed by atoms with E-state index in [1.165, 1.54) is 6.07 Å². The zero-order valence-corrected chi connectivity index (χ0v) is 16.3. The third-order valence-corrected chi connectivity index (χ3v) is 5.47. The molecular formula is C22H21F2NO5. The van der Waals surface area contributed by atoms with Crippen LogP contribution in [0.1, 0.15) is 19.3 Å². The predicted octanol–water partition coefficient (Wildman–Crippen LogP) is 4.01. The van der Waals surface area contributed by atoms with Gasteiger partial charge in [-0.3, -0.25) is 4.79 Å². The van der Waals surface area contributed by atoms with Crippen LogP contribution in [-0.4, -0.2) is 41.4 Å². The van der Waals surface area contributed by atoms with Crippen molar-refractivity contribution in [2.75, 3.05) is 20.2 Å². The van der Waals surface area contributed by atoms with Crippen molar-refractivity contribution in [3.05, 3.63) is 52.2 Å². The Morgan fingerprint density at radius 1 is 1.20 bits per heavy atom. The van der Waals surface area contributed by atoms with E-state index in [4.69, 9.17) is 9.15 Å². The first-order valence-electron chi connectivity index (χ1n) is 9.66. The Hall–Kier alpha value is -3.13. The average Bonchev–Trinajstić information content (AvgIpc) is 3.09. The van der Waals surface area contributed by atoms with E-state index in [1.54, 1.807) is 0 Å². The summed E-state index contributed by atoms with van der Waals surface area (Å²) in [5.41, 5.74) is -0.655. The second kappa shape index (κ2) is 7.95. The fourth-order valence-corrected chi connectivity index (χ4v) is 3.87. The van der Waals surface area contributed by atoms with Crippen LogP contribution >= 0.6 is 0 Å². The van der Waals surface area contributed by atoms with Gasteiger partial charge in [-0.2, -0.15) is 0 Å². The molecule has 1 aliphatic heterocycles. The number of phenols is 2. The van der Waals surface area contributed by atoms with Crippen molar-refractivity contribution in [3.63, 3.8) is 0 Å². The summed E-state index contributed by atoms with van der Waals surface area (Å²) in [5, 5.41) is 19.7. The van der Waals surface area contributed by atoms with Crippen LogP contribution in [0.4, 0.5) is 8.78 Å². The molecule has 30 heavy (non-hydrogen) atoms. The molecule has 1 fully saturated rings. The Morgan fingerprint density at radius 3 is 2.70 bits per heavy atom. The third kappa shape index (κ3) is 3.70. The van der Waals surface area contributed by atoms with E-state index in [-0.39, 0.29) is 40.4 Å². The summed E-state index contributed by atoms with van der Waals surface area (Å²) < 4.78 is 38.7. The van der Waals surface area contributed by atoms with Gasteiger partial charge in [-0.25, -0.2) is 8.78 Å². The van der Waals surface area contributed by atoms with Gasteiger partial charge in [0.05, 0.1) is 6.61 Å². The molecule has 4 rings (SSSR count). The molecule has 1 atom stereocenters. The van der Waals surface area contributed by atoms with Crippen LogP contribution in [0, 0.1) is 11.6 Å². The van der Waals surface area contributed by atoms with Crippen molar-refractivity contribution in [2.45, 2.75) is 25.3 Å². The Labute approximate surface area is 170 Å². The fraction of sp³-hybridized carbons (Fsp3) is 0.318. The maximum Gasteiger partial charge on any atom is 0.239 e. The van der Waals surface area contributed by atoms with Gasteiger partial charge < -0.3 is 24.3 Å². The molecule has 0 spiro atoms. The largest absolute Gasteiger partial charge is 0.508 e. The number of ether oxygens (including phenoxy) is 1. The number of benzene rings is 2. The van der Waals surface area contributed by atoms with E-state index in [9.17, 15) is 23.8 Å². The second-order valence-electron chi connectivity index (χ2n) is 7.47. The molecule has 2 aromatic carbocycles. The Kier molecular flexibility index (Phi) is 5.34. The zero-order valence-electron chi connectivity index (χ0n) is 16.3. The molecule has 2 N–H and O–H groups in total. The van der Waals surface area contributed by atoms with E-state index in [1.807, 2.05) is 7.05 Å². The van der Waals surface area contributed by atoms with Gasteiger partial charge >= 0.3 is 0 Å². The van der Waals surface area contributed by atoms with E-state index in [0.29, 0.717) is 12.5 Å². The monoisotopic (exact) mass is 417 g/mol. The summed E-state index contributed by atoms with van der Waals surface area (Å²) in [6.45, 7) is 1.21. The van der Waals surface area contributed by atoms with Crippen LogP contribution in [0.15, 0.2) is 39.5 Å². The summed E-state index contributed by atoms with van der Waals surface area (Å²) in [5.74, 6) is -3.21. The molecule has 6 nitrogen and oxygen atoms in total. The highest BCUT2D eigenvalue weighted by atomic mass is 19.2. The summed E-state index contributed by atoms with van der Waals surface area (Å²) in [6.07, 6.45) is 2.80. The third-order valence-electron chi connectivity index (χ3n) is 5.47. The Bertz CT molecular complexity index is 1160. The number of rotatable bonds is 5. The van der Waals surface area contributed by atoms with Crippen molar-refractivity contribution in [1.82, 2.24) is 4.90 Å². The smallest absolute Gasteiger partial charge is 0.239 e. The first-order chi connectivity index (χ1) is 14.3. The molecule has 158 valence electrons. The molecule has 1 saturated heterocycles. The lowest BCUT2D eigenvalue weighted by Crippen LogP contribution is -2.27. The molecule has 8 heteroatoms. The molecule has 1 unspecified atom stereocenters. The second-order valence-corrected chi connectivity index (χ2v) is 7.47. The van der Waals surface area contributed by atoms with Crippen LogP contribution in [0.3, 0.4) is 0 Å². The number of halogens is 2. The molecular weight excluding hydrogens is 396 g/mol. The van der Waals surface area contributed by atoms with E-state index < -0.39 is 22.8 Å². The van der Waals surface area contributed by atoms with Crippen molar-refractivity contribution < 1.29 is 28.1 Å². The molecule has 0 amide bonds. The van der Waals surface area contributed by atoms with Gasteiger partial charge in [-0.15, -0.1) is 0 Å². The van der Waals surface area contributed by atoms with Crippen LogP contribution in [-0.2, 0) is 0 Å². The van der Waals surface area contributed by atoms with Gasteiger partial charge in [0.25, 0.3) is 0 Å². The minimum Gasteiger partial charge on any atom is -0.508 e. The summed E-state index contributed by atoms with van der Waals surface area (Å²) in [6, 6.07) is 5.61. The summed E-state index contributed by atoms with van der Waals surface area (Å²) in [7, 11) is 2.03. The number of hydrogen-bond acceptors (Lipinski definition) is 6. The van der Waals surface area contributed by atoms with Crippen molar-refractivity contribution in [3.8, 4) is 28.6 Å². The predicted molar refractivity (Wildman–Crippen MR) is 107 cm³/mol. The van der Waals surface area contributed by atoms with Gasteiger partial charge in [-0.1, -0.05) is 0 Å². The van der Waals surface area contributed by atoms with Crippen LogP contribution in [0.2, 0.25) is 0 Å². The number of hydrogen-bond donors (Lipinski definition) is 2. The van der Waals surface area contributed by atoms with Gasteiger partial charge in [0.1, 0.15) is 22.5 Å².